The Morgan fingerprint density at radius 1 is 0.613 bits per heavy atom. The number of imidazole rings is 2. The van der Waals surface area contributed by atoms with Crippen molar-refractivity contribution in [1.82, 2.24) is 19.1 Å². The molecule has 5 heteroatoms. The summed E-state index contributed by atoms with van der Waals surface area (Å²) >= 11 is 0. The van der Waals surface area contributed by atoms with Gasteiger partial charge in [0.2, 0.25) is 0 Å². The van der Waals surface area contributed by atoms with Crippen LogP contribution >= 0.6 is 0 Å². The van der Waals surface area contributed by atoms with Crippen LogP contribution in [-0.4, -0.2) is 19.1 Å². The summed E-state index contributed by atoms with van der Waals surface area (Å²) in [5, 5.41) is 0. The molecule has 0 aliphatic heterocycles. The highest BCUT2D eigenvalue weighted by Gasteiger charge is 2.18. The average molecular weight is 410 g/mol. The number of rotatable bonds is 7. The smallest absolute Gasteiger partial charge is 0.129 e. The van der Waals surface area contributed by atoms with Gasteiger partial charge in [0.05, 0.1) is 35.2 Å². The lowest BCUT2D eigenvalue weighted by Gasteiger charge is -2.25. The molecule has 5 aromatic rings. The highest BCUT2D eigenvalue weighted by molar-refractivity contribution is 5.77. The van der Waals surface area contributed by atoms with E-state index in [9.17, 15) is 0 Å². The first-order chi connectivity index (χ1) is 15.3. The van der Waals surface area contributed by atoms with E-state index in [1.807, 2.05) is 0 Å². The van der Waals surface area contributed by atoms with Crippen LogP contribution in [-0.2, 0) is 26.2 Å². The third kappa shape index (κ3) is 3.56. The van der Waals surface area contributed by atoms with Gasteiger partial charge in [-0.05, 0) is 50.2 Å². The molecule has 0 saturated heterocycles. The van der Waals surface area contributed by atoms with Gasteiger partial charge in [0.15, 0.2) is 0 Å². The standard InChI is InChI=1S/C26H27N5/c1-3-30-23-16-10-8-14-21(23)27-25(30)18-29(20-12-6-5-7-13-20)19-26-28-22-15-9-11-17-24(22)31(26)4-2/h5-17H,3-4,18-19H2,1-2H3. The minimum Gasteiger partial charge on any atom is -0.357 e. The van der Waals surface area contributed by atoms with Crippen molar-refractivity contribution >= 4 is 27.8 Å². The van der Waals surface area contributed by atoms with Gasteiger partial charge in [0.1, 0.15) is 11.6 Å². The van der Waals surface area contributed by atoms with Crippen molar-refractivity contribution in [3.8, 4) is 0 Å². The zero-order valence-electron chi connectivity index (χ0n) is 18.1. The van der Waals surface area contributed by atoms with Crippen molar-refractivity contribution < 1.29 is 0 Å². The summed E-state index contributed by atoms with van der Waals surface area (Å²) in [5.41, 5.74) is 5.65. The van der Waals surface area contributed by atoms with Gasteiger partial charge in [-0.15, -0.1) is 0 Å². The molecule has 3 aromatic carbocycles. The first-order valence-corrected chi connectivity index (χ1v) is 11.0. The Morgan fingerprint density at radius 2 is 1.06 bits per heavy atom. The molecule has 0 radical (unpaired) electrons. The van der Waals surface area contributed by atoms with Crippen LogP contribution < -0.4 is 4.90 Å². The predicted molar refractivity (Wildman–Crippen MR) is 127 cm³/mol. The highest BCUT2D eigenvalue weighted by Crippen LogP contribution is 2.24. The molecule has 5 nitrogen and oxygen atoms in total. The zero-order chi connectivity index (χ0) is 21.2. The summed E-state index contributed by atoms with van der Waals surface area (Å²) in [7, 11) is 0. The molecular weight excluding hydrogens is 382 g/mol. The maximum atomic E-state index is 4.97. The second kappa shape index (κ2) is 8.26. The number of nitrogens with zero attached hydrogens (tertiary/aromatic N) is 5. The third-order valence-corrected chi connectivity index (χ3v) is 5.89. The van der Waals surface area contributed by atoms with Gasteiger partial charge in [-0.1, -0.05) is 42.5 Å². The van der Waals surface area contributed by atoms with Crippen LogP contribution in [0.4, 0.5) is 5.69 Å². The van der Waals surface area contributed by atoms with Crippen molar-refractivity contribution in [1.29, 1.82) is 0 Å². The number of aryl methyl sites for hydroxylation is 2. The summed E-state index contributed by atoms with van der Waals surface area (Å²) in [6.07, 6.45) is 0. The van der Waals surface area contributed by atoms with Gasteiger partial charge in [0, 0.05) is 18.8 Å². The quantitative estimate of drug-likeness (QED) is 0.350. The fourth-order valence-electron chi connectivity index (χ4n) is 4.42. The number of para-hydroxylation sites is 5. The molecule has 31 heavy (non-hydrogen) atoms. The van der Waals surface area contributed by atoms with Crippen LogP contribution in [0.25, 0.3) is 22.1 Å². The lowest BCUT2D eigenvalue weighted by Crippen LogP contribution is -2.26. The number of hydrogen-bond donors (Lipinski definition) is 0. The topological polar surface area (TPSA) is 38.9 Å². The van der Waals surface area contributed by atoms with Gasteiger partial charge >= 0.3 is 0 Å². The number of hydrogen-bond acceptors (Lipinski definition) is 3. The number of benzene rings is 3. The van der Waals surface area contributed by atoms with Gasteiger partial charge in [-0.2, -0.15) is 0 Å². The molecular formula is C26H27N5. The number of aromatic nitrogens is 4. The number of anilines is 1. The van der Waals surface area contributed by atoms with Gasteiger partial charge in [0.25, 0.3) is 0 Å². The van der Waals surface area contributed by atoms with Crippen molar-refractivity contribution in [3.05, 3.63) is 90.5 Å². The molecule has 0 atom stereocenters. The molecule has 0 aliphatic carbocycles. The van der Waals surface area contributed by atoms with E-state index in [1.165, 1.54) is 16.7 Å². The molecule has 0 amide bonds. The normalized spacial score (nSPS) is 11.4. The summed E-state index contributed by atoms with van der Waals surface area (Å²) in [4.78, 5) is 12.3. The van der Waals surface area contributed by atoms with E-state index in [0.29, 0.717) is 0 Å². The van der Waals surface area contributed by atoms with Crippen molar-refractivity contribution in [3.63, 3.8) is 0 Å². The monoisotopic (exact) mass is 409 g/mol. The Balaban J connectivity index is 1.57. The minimum atomic E-state index is 0.722. The lowest BCUT2D eigenvalue weighted by molar-refractivity contribution is 0.642. The Morgan fingerprint density at radius 3 is 1.55 bits per heavy atom. The van der Waals surface area contributed by atoms with Gasteiger partial charge in [-0.3, -0.25) is 0 Å². The minimum absolute atomic E-state index is 0.722. The maximum absolute atomic E-state index is 4.97. The van der Waals surface area contributed by atoms with E-state index >= 15 is 0 Å². The SMILES string of the molecule is CCn1c(CN(Cc2nc3ccccc3n2CC)c2ccccc2)nc2ccccc21. The van der Waals surface area contributed by atoms with Crippen molar-refractivity contribution in [2.45, 2.75) is 40.0 Å². The Bertz CT molecular complexity index is 1230. The Labute approximate surface area is 182 Å². The summed E-state index contributed by atoms with van der Waals surface area (Å²) in [6.45, 7) is 7.60. The average Bonchev–Trinajstić information content (AvgIpc) is 3.35. The molecule has 0 fully saturated rings. The summed E-state index contributed by atoms with van der Waals surface area (Å²) < 4.78 is 4.63. The van der Waals surface area contributed by atoms with Crippen molar-refractivity contribution in [2.75, 3.05) is 4.90 Å². The zero-order valence-corrected chi connectivity index (χ0v) is 18.1. The van der Waals surface area contributed by atoms with E-state index in [2.05, 4.69) is 107 Å². The maximum Gasteiger partial charge on any atom is 0.129 e. The molecule has 0 bridgehead atoms. The van der Waals surface area contributed by atoms with Crippen LogP contribution in [0.1, 0.15) is 25.5 Å². The van der Waals surface area contributed by atoms with Crippen LogP contribution in [0, 0.1) is 0 Å². The van der Waals surface area contributed by atoms with E-state index in [1.54, 1.807) is 0 Å². The molecule has 5 rings (SSSR count). The van der Waals surface area contributed by atoms with E-state index in [-0.39, 0.29) is 0 Å². The fraction of sp³-hybridized carbons (Fsp3) is 0.231. The molecule has 0 unspecified atom stereocenters. The fourth-order valence-corrected chi connectivity index (χ4v) is 4.42. The van der Waals surface area contributed by atoms with Crippen LogP contribution in [0.2, 0.25) is 0 Å². The van der Waals surface area contributed by atoms with Crippen LogP contribution in [0.3, 0.4) is 0 Å². The molecule has 0 aliphatic rings. The van der Waals surface area contributed by atoms with E-state index in [0.717, 1.165) is 48.9 Å². The molecule has 2 aromatic heterocycles. The second-order valence-corrected chi connectivity index (χ2v) is 7.71. The van der Waals surface area contributed by atoms with E-state index < -0.39 is 0 Å². The predicted octanol–water partition coefficient (Wildman–Crippen LogP) is 5.63. The Kier molecular flexibility index (Phi) is 5.16. The van der Waals surface area contributed by atoms with Crippen LogP contribution in [0.5, 0.6) is 0 Å². The molecule has 0 saturated carbocycles. The first kappa shape index (κ1) is 19.4. The van der Waals surface area contributed by atoms with Gasteiger partial charge < -0.3 is 14.0 Å². The molecule has 156 valence electrons. The second-order valence-electron chi connectivity index (χ2n) is 7.71. The number of fused-ring (bicyclic) bond motifs is 2. The largest absolute Gasteiger partial charge is 0.357 e. The molecule has 2 heterocycles. The lowest BCUT2D eigenvalue weighted by atomic mass is 10.2. The Hall–Kier alpha value is -3.60. The van der Waals surface area contributed by atoms with Gasteiger partial charge in [-0.25, -0.2) is 9.97 Å². The molecule has 0 spiro atoms. The third-order valence-electron chi connectivity index (χ3n) is 5.89. The first-order valence-electron chi connectivity index (χ1n) is 11.0. The summed E-state index contributed by atoms with van der Waals surface area (Å²) in [6, 6.07) is 27.3. The molecule has 0 N–H and O–H groups in total. The van der Waals surface area contributed by atoms with Crippen molar-refractivity contribution in [2.24, 2.45) is 0 Å². The van der Waals surface area contributed by atoms with E-state index in [4.69, 9.17) is 9.97 Å². The summed E-state index contributed by atoms with van der Waals surface area (Å²) in [5.74, 6) is 2.15. The highest BCUT2D eigenvalue weighted by atomic mass is 15.2. The van der Waals surface area contributed by atoms with Crippen LogP contribution in [0.15, 0.2) is 78.9 Å².